The van der Waals surface area contributed by atoms with Crippen LogP contribution in [-0.2, 0) is 16.5 Å². The van der Waals surface area contributed by atoms with Crippen LogP contribution in [-0.4, -0.2) is 14.2 Å². The van der Waals surface area contributed by atoms with Crippen molar-refractivity contribution in [1.29, 1.82) is 0 Å². The Kier molecular flexibility index (Phi) is 1090. The minimum Gasteiger partial charge on any atom is -0.857 e. The molecule has 0 aromatic carbocycles. The Balaban J connectivity index is -0.0000000133. The monoisotopic (exact) mass is 120 g/mol. The fourth-order valence-electron chi connectivity index (χ4n) is 0. The second kappa shape index (κ2) is 301. The van der Waals surface area contributed by atoms with Gasteiger partial charge in [-0.2, -0.15) is 14.2 Å². The molecule has 0 N–H and O–H groups in total. The molecule has 0 saturated carbocycles. The molecule has 0 amide bonds. The van der Waals surface area contributed by atoms with E-state index in [1.807, 2.05) is 0 Å². The fourth-order valence-corrected chi connectivity index (χ4v) is 0. The van der Waals surface area contributed by atoms with Crippen LogP contribution in [0.1, 0.15) is 0 Å². The predicted molar refractivity (Wildman–Crippen MR) is 11.8 cm³/mol. The van der Waals surface area contributed by atoms with Gasteiger partial charge < -0.3 is 10.2 Å². The molecule has 0 aliphatic heterocycles. The molecular weight excluding hydrogens is 115 g/mol. The largest absolute Gasteiger partial charge is 2.00 e. The van der Waals surface area contributed by atoms with Gasteiger partial charge in [-0.25, -0.2) is 0 Å². The summed E-state index contributed by atoms with van der Waals surface area (Å²) in [6.45, 7) is 0. The standard InChI is InChI=1S/2CH3O.Ni/c2*1-2;/h2*1H3;/q2*-1;+2. The van der Waals surface area contributed by atoms with Gasteiger partial charge in [0.15, 0.2) is 0 Å². The Morgan fingerprint density at radius 3 is 0.800 bits per heavy atom. The van der Waals surface area contributed by atoms with Crippen LogP contribution >= 0.6 is 0 Å². The van der Waals surface area contributed by atoms with Crippen LogP contribution in [0.3, 0.4) is 0 Å². The fraction of sp³-hybridized carbons (Fsp3) is 1.00. The van der Waals surface area contributed by atoms with E-state index in [1.165, 1.54) is 0 Å². The first-order chi connectivity index (χ1) is 2.00. The number of hydrogen-bond donors (Lipinski definition) is 0. The van der Waals surface area contributed by atoms with Gasteiger partial charge in [-0.05, 0) is 0 Å². The van der Waals surface area contributed by atoms with Crippen molar-refractivity contribution in [2.45, 2.75) is 0 Å². The summed E-state index contributed by atoms with van der Waals surface area (Å²) < 4.78 is 0. The molecule has 0 heterocycles. The molecule has 0 aromatic rings. The van der Waals surface area contributed by atoms with E-state index in [-0.39, 0.29) is 16.5 Å². The molecule has 0 bridgehead atoms. The van der Waals surface area contributed by atoms with Crippen LogP contribution in [0.2, 0.25) is 0 Å². The van der Waals surface area contributed by atoms with Gasteiger partial charge in [0.2, 0.25) is 0 Å². The van der Waals surface area contributed by atoms with Crippen LogP contribution < -0.4 is 10.2 Å². The molecule has 0 aliphatic rings. The first-order valence-electron chi connectivity index (χ1n) is 0.816. The average molecular weight is 121 g/mol. The molecule has 0 aliphatic carbocycles. The maximum Gasteiger partial charge on any atom is 2.00 e. The van der Waals surface area contributed by atoms with Crippen LogP contribution in [0.5, 0.6) is 0 Å². The van der Waals surface area contributed by atoms with Crippen molar-refractivity contribution in [3.8, 4) is 0 Å². The molecule has 0 spiro atoms. The molecular formula is C2H6NiO2. The van der Waals surface area contributed by atoms with Gasteiger partial charge in [0.25, 0.3) is 0 Å². The summed E-state index contributed by atoms with van der Waals surface area (Å²) in [6.07, 6.45) is 0. The van der Waals surface area contributed by atoms with Crippen molar-refractivity contribution in [2.24, 2.45) is 0 Å². The predicted octanol–water partition coefficient (Wildman–Crippen LogP) is -2.05. The van der Waals surface area contributed by atoms with Gasteiger partial charge in [0, 0.05) is 0 Å². The van der Waals surface area contributed by atoms with Crippen molar-refractivity contribution >= 4 is 0 Å². The molecule has 3 heteroatoms. The Morgan fingerprint density at radius 2 is 0.800 bits per heavy atom. The van der Waals surface area contributed by atoms with Crippen LogP contribution in [0, 0.1) is 0 Å². The van der Waals surface area contributed by atoms with E-state index in [1.54, 1.807) is 0 Å². The molecule has 0 fully saturated rings. The third kappa shape index (κ3) is 150. The van der Waals surface area contributed by atoms with Crippen molar-refractivity contribution in [3.05, 3.63) is 0 Å². The van der Waals surface area contributed by atoms with E-state index >= 15 is 0 Å². The SMILES string of the molecule is C[O-].C[O-].[Ni+2]. The molecule has 36 valence electrons. The zero-order valence-corrected chi connectivity index (χ0v) is 4.12. The molecule has 5 heavy (non-hydrogen) atoms. The van der Waals surface area contributed by atoms with E-state index < -0.39 is 0 Å². The van der Waals surface area contributed by atoms with Gasteiger partial charge in [-0.3, -0.25) is 0 Å². The topological polar surface area (TPSA) is 46.1 Å². The van der Waals surface area contributed by atoms with Crippen molar-refractivity contribution in [1.82, 2.24) is 0 Å². The summed E-state index contributed by atoms with van der Waals surface area (Å²) in [6, 6.07) is 0. The Labute approximate surface area is 41.7 Å². The Morgan fingerprint density at radius 1 is 0.800 bits per heavy atom. The first kappa shape index (κ1) is 18.1. The third-order valence-corrected chi connectivity index (χ3v) is 0. The van der Waals surface area contributed by atoms with E-state index in [9.17, 15) is 0 Å². The Hall–Kier alpha value is 0.414. The van der Waals surface area contributed by atoms with Crippen LogP contribution in [0.4, 0.5) is 0 Å². The molecule has 0 aromatic heterocycles. The van der Waals surface area contributed by atoms with Gasteiger partial charge in [-0.1, -0.05) is 0 Å². The van der Waals surface area contributed by atoms with Gasteiger partial charge in [-0.15, -0.1) is 0 Å². The van der Waals surface area contributed by atoms with Crippen LogP contribution in [0.15, 0.2) is 0 Å². The molecule has 0 atom stereocenters. The molecule has 0 rings (SSSR count). The third-order valence-electron chi connectivity index (χ3n) is 0. The quantitative estimate of drug-likeness (QED) is 0.346. The van der Waals surface area contributed by atoms with Gasteiger partial charge in [0.1, 0.15) is 0 Å². The summed E-state index contributed by atoms with van der Waals surface area (Å²) in [4.78, 5) is 0. The second-order valence-electron chi connectivity index (χ2n) is 0. The van der Waals surface area contributed by atoms with Crippen molar-refractivity contribution < 1.29 is 26.7 Å². The van der Waals surface area contributed by atoms with Crippen LogP contribution in [0.25, 0.3) is 0 Å². The summed E-state index contributed by atoms with van der Waals surface area (Å²) in [5, 5.41) is 16.5. The molecule has 2 nitrogen and oxygen atoms in total. The smallest absolute Gasteiger partial charge is 0.857 e. The minimum atomic E-state index is 0. The Bertz CT molecular complexity index is 7.61. The first-order valence-corrected chi connectivity index (χ1v) is 0.816. The zero-order valence-electron chi connectivity index (χ0n) is 3.13. The summed E-state index contributed by atoms with van der Waals surface area (Å²) in [7, 11) is 1.50. The van der Waals surface area contributed by atoms with E-state index in [0.29, 0.717) is 0 Å². The van der Waals surface area contributed by atoms with E-state index in [2.05, 4.69) is 0 Å². The molecule has 0 saturated heterocycles. The zero-order chi connectivity index (χ0) is 4.00. The van der Waals surface area contributed by atoms with Crippen molar-refractivity contribution in [2.75, 3.05) is 14.2 Å². The normalized spacial score (nSPS) is 2.40. The van der Waals surface area contributed by atoms with Crippen molar-refractivity contribution in [3.63, 3.8) is 0 Å². The average Bonchev–Trinajstić information content (AvgIpc) is 1.50. The summed E-state index contributed by atoms with van der Waals surface area (Å²) in [5.74, 6) is 0. The van der Waals surface area contributed by atoms with E-state index in [4.69, 9.17) is 10.2 Å². The summed E-state index contributed by atoms with van der Waals surface area (Å²) >= 11 is 0. The van der Waals surface area contributed by atoms with E-state index in [0.717, 1.165) is 14.2 Å². The second-order valence-corrected chi connectivity index (χ2v) is 0. The maximum absolute atomic E-state index is 8.25. The van der Waals surface area contributed by atoms with Gasteiger partial charge >= 0.3 is 16.5 Å². The summed E-state index contributed by atoms with van der Waals surface area (Å²) in [5.41, 5.74) is 0. The number of rotatable bonds is 0. The van der Waals surface area contributed by atoms with Gasteiger partial charge in [0.05, 0.1) is 0 Å². The maximum atomic E-state index is 8.25. The molecule has 0 radical (unpaired) electrons. The number of hydrogen-bond acceptors (Lipinski definition) is 2. The molecule has 0 unspecified atom stereocenters. The minimum absolute atomic E-state index is 0.